The molecule has 1 aliphatic rings. The van der Waals surface area contributed by atoms with Gasteiger partial charge in [-0.15, -0.1) is 0 Å². The third-order valence-corrected chi connectivity index (χ3v) is 15.6. The summed E-state index contributed by atoms with van der Waals surface area (Å²) < 4.78 is 2.73. The summed E-state index contributed by atoms with van der Waals surface area (Å²) in [6, 6.07) is 25.7. The van der Waals surface area contributed by atoms with Gasteiger partial charge in [-0.25, -0.2) is 53.3 Å². The zero-order chi connectivity index (χ0) is 82.5. The molecule has 4 aromatic carbocycles. The number of nitrogen functional groups attached to an aromatic ring is 3. The van der Waals surface area contributed by atoms with Crippen LogP contribution in [0, 0.1) is 62.5 Å². The lowest BCUT2D eigenvalue weighted by Crippen LogP contribution is -2.44. The summed E-state index contributed by atoms with van der Waals surface area (Å²) in [6.45, 7) is 5.30. The van der Waals surface area contributed by atoms with Gasteiger partial charge in [-0.2, -0.15) is 0 Å². The van der Waals surface area contributed by atoms with Gasteiger partial charge in [0, 0.05) is 171 Å². The number of rotatable bonds is 13. The van der Waals surface area contributed by atoms with Gasteiger partial charge >= 0.3 is 69.8 Å². The summed E-state index contributed by atoms with van der Waals surface area (Å²) in [6.07, 6.45) is 16.6. The summed E-state index contributed by atoms with van der Waals surface area (Å²) in [5, 5.41) is 182. The van der Waals surface area contributed by atoms with E-state index in [9.17, 15) is 72.1 Å². The molecule has 594 valence electrons. The quantitative estimate of drug-likeness (QED) is 0.0379. The molecule has 12 heterocycles. The van der Waals surface area contributed by atoms with Crippen LogP contribution in [0.15, 0.2) is 177 Å². The highest BCUT2D eigenvalue weighted by molar-refractivity contribution is 6.00. The van der Waals surface area contributed by atoms with Crippen LogP contribution >= 0.6 is 0 Å². The molecule has 0 atom stereocenters. The van der Waals surface area contributed by atoms with Gasteiger partial charge in [-0.05, 0) is 48.5 Å². The topological polar surface area (TPSA) is 755 Å². The van der Waals surface area contributed by atoms with Crippen LogP contribution in [0.4, 0.5) is 79.7 Å². The number of carbonyl (C=O) groups is 2. The Morgan fingerprint density at radius 1 is 0.371 bits per heavy atom. The maximum absolute atomic E-state index is 12.4. The largest absolute Gasteiger partial charge is 0.739 e. The minimum absolute atomic E-state index is 0.0223. The Morgan fingerprint density at radius 2 is 0.733 bits per heavy atom. The standard InChI is InChI=1S/C17H18N6O2.2C12H10N8O3.2C8H10N6O2.C6H5N5O2/c24-22-15-3-1-2-4-16(15)23(25)20-17(22)19-13-5-7-14(8-6-13)21-11-9-18-10-12-21;13-11-18-20(23)8-2-1-7(5-9(8)19(11)22)16-12(21)17-10-6-14-3-4-15-10;13-11-18-20(23)9-5-7(1-2-8(9)19(11)22)16-12(21)17-10-6-14-3-4-15-10;2*9-2-4-11-8-12-14(16)7-5-10-3-1-6(7)13(8)15;7-6-9-11(13)5-3-8-2-1-4(5)10(6)12/h1-8,18H,9-12H2,(H,19,20);2*1-6H,(H2,13,18)(H2,15,16,17,21);2*1,3,5H,2,4,9H2,(H,11,12);1-3H,(H2,7,9). The zero-order valence-corrected chi connectivity index (χ0v) is 59.6. The second kappa shape index (κ2) is 36.8. The molecule has 0 aliphatic carbocycles. The van der Waals surface area contributed by atoms with Gasteiger partial charge in [0.25, 0.3) is 11.0 Å². The summed E-state index contributed by atoms with van der Waals surface area (Å²) in [7, 11) is 0. The van der Waals surface area contributed by atoms with Crippen molar-refractivity contribution in [2.45, 2.75) is 0 Å². The molecule has 1 saturated heterocycles. The molecule has 15 aromatic rings. The van der Waals surface area contributed by atoms with Gasteiger partial charge in [0.2, 0.25) is 30.6 Å². The SMILES string of the molecule is NCCNc1n[n+]([O-])c2cnccc2[n+]1[O-].NCCNc1n[n+]([O-])c2cnccc2[n+]1[O-].Nc1n[n+]([O-])c2cc(NC(=O)Nc3cnccn3)ccc2[n+]1[O-].Nc1n[n+]([O-])c2ccc(NC(=O)Nc3cnccn3)cc2[n+]1[O-].Nc1n[n+]([O-])c2cnccc2[n+]1[O-].[O-][n+]1nc(Nc2ccc(N3CCNCC3)cc2)[n+]([O-])c2ccccc21. The lowest BCUT2D eigenvalue weighted by molar-refractivity contribution is -0.672. The van der Waals surface area contributed by atoms with Crippen molar-refractivity contribution < 1.29 is 67.0 Å². The second-order valence-electron chi connectivity index (χ2n) is 23.2. The van der Waals surface area contributed by atoms with Crippen LogP contribution in [0.1, 0.15) is 0 Å². The number of fused-ring (bicyclic) bond motifs is 6. The van der Waals surface area contributed by atoms with Gasteiger partial charge < -0.3 is 94.8 Å². The van der Waals surface area contributed by atoms with Gasteiger partial charge in [0.1, 0.15) is 18.6 Å². The number of hydrogen-bond donors (Lipinski definition) is 13. The summed E-state index contributed by atoms with van der Waals surface area (Å²) in [5.41, 5.74) is 30.2. The van der Waals surface area contributed by atoms with Gasteiger partial charge in [0.05, 0.1) is 31.2 Å². The number of anilines is 12. The van der Waals surface area contributed by atoms with Gasteiger partial charge in [-0.3, -0.25) is 63.4 Å². The monoisotopic (exact) mass is 1590 g/mol. The molecule has 11 aromatic heterocycles. The Hall–Kier alpha value is -17.3. The molecule has 0 bridgehead atoms. The Bertz CT molecular complexity index is 5930. The van der Waals surface area contributed by atoms with Crippen molar-refractivity contribution in [3.63, 3.8) is 0 Å². The van der Waals surface area contributed by atoms with E-state index >= 15 is 0 Å². The van der Waals surface area contributed by atoms with Gasteiger partial charge in [0.15, 0.2) is 44.7 Å². The normalized spacial score (nSPS) is 11.4. The number of nitrogens with two attached hydrogens (primary N) is 5. The van der Waals surface area contributed by atoms with E-state index < -0.39 is 24.0 Å². The van der Waals surface area contributed by atoms with Crippen molar-refractivity contribution in [3.8, 4) is 0 Å². The van der Waals surface area contributed by atoms with E-state index in [1.165, 1.54) is 129 Å². The molecule has 0 unspecified atom stereocenters. The van der Waals surface area contributed by atoms with Crippen LogP contribution < -0.4 is 134 Å². The van der Waals surface area contributed by atoms with Crippen LogP contribution in [0.25, 0.3) is 66.2 Å². The highest BCUT2D eigenvalue weighted by atomic mass is 16.5. The number of nitrogens with one attached hydrogen (secondary N) is 8. The van der Waals surface area contributed by atoms with E-state index in [2.05, 4.69) is 113 Å². The van der Waals surface area contributed by atoms with Crippen LogP contribution in [0.2, 0.25) is 0 Å². The van der Waals surface area contributed by atoms with E-state index in [1.807, 2.05) is 24.3 Å². The Labute approximate surface area is 647 Å². The first-order valence-electron chi connectivity index (χ1n) is 33.5. The van der Waals surface area contributed by atoms with E-state index in [0.717, 1.165) is 31.9 Å². The van der Waals surface area contributed by atoms with Crippen LogP contribution in [-0.2, 0) is 0 Å². The highest BCUT2D eigenvalue weighted by Gasteiger charge is 2.26. The molecule has 0 radical (unpaired) electrons. The van der Waals surface area contributed by atoms with E-state index in [-0.39, 0.29) is 128 Å². The molecule has 0 saturated carbocycles. The van der Waals surface area contributed by atoms with Gasteiger partial charge in [-0.1, -0.05) is 12.1 Å². The molecule has 16 rings (SSSR count). The fourth-order valence-corrected chi connectivity index (χ4v) is 10.3. The molecule has 1 fully saturated rings. The second-order valence-corrected chi connectivity index (χ2v) is 23.2. The fraction of sp³-hybridized carbons (Fsp3) is 0.127. The van der Waals surface area contributed by atoms with Crippen LogP contribution in [0.3, 0.4) is 0 Å². The van der Waals surface area contributed by atoms with E-state index in [4.69, 9.17) is 28.7 Å². The molecule has 4 amide bonds. The van der Waals surface area contributed by atoms with Crippen LogP contribution in [-0.4, -0.2) is 130 Å². The van der Waals surface area contributed by atoms with Crippen molar-refractivity contribution in [1.82, 2.24) is 70.8 Å². The third kappa shape index (κ3) is 19.2. The number of amides is 4. The molecule has 0 spiro atoms. The number of aromatic nitrogens is 25. The molecular formula is C63H63N39O14. The van der Waals surface area contributed by atoms with Crippen molar-refractivity contribution in [2.24, 2.45) is 11.5 Å². The van der Waals surface area contributed by atoms with Crippen molar-refractivity contribution in [2.75, 3.05) is 112 Å². The summed E-state index contributed by atoms with van der Waals surface area (Å²) in [5.74, 6) is -1.01. The fourth-order valence-electron chi connectivity index (χ4n) is 10.3. The third-order valence-electron chi connectivity index (χ3n) is 15.6. The number of carbonyl (C=O) groups excluding carboxylic acids is 2. The van der Waals surface area contributed by atoms with E-state index in [0.29, 0.717) is 74.8 Å². The van der Waals surface area contributed by atoms with Crippen molar-refractivity contribution in [1.29, 1.82) is 0 Å². The minimum Gasteiger partial charge on any atom is -0.739 e. The maximum Gasteiger partial charge on any atom is 0.465 e. The minimum atomic E-state index is -0.584. The zero-order valence-electron chi connectivity index (χ0n) is 59.6. The predicted octanol–water partition coefficient (Wildman–Crippen LogP) is -5.30. The van der Waals surface area contributed by atoms with Crippen molar-refractivity contribution in [3.05, 3.63) is 240 Å². The highest BCUT2D eigenvalue weighted by Crippen LogP contribution is 2.22. The average molecular weight is 1590 g/mol. The first-order valence-corrected chi connectivity index (χ1v) is 33.5. The summed E-state index contributed by atoms with van der Waals surface area (Å²) in [4.78, 5) is 54.5. The molecule has 116 heavy (non-hydrogen) atoms. The number of pyridine rings is 3. The average Bonchev–Trinajstić information content (AvgIpc) is 0.798. The molecule has 53 nitrogen and oxygen atoms in total. The number of benzene rings is 4. The molecule has 53 heteroatoms. The molecule has 1 aliphatic heterocycles. The number of nitrogens with zero attached hydrogens (tertiary/aromatic N) is 26. The summed E-state index contributed by atoms with van der Waals surface area (Å²) >= 11 is 0. The number of para-hydroxylation sites is 2. The lowest BCUT2D eigenvalue weighted by atomic mass is 10.2. The smallest absolute Gasteiger partial charge is 0.465 e. The Balaban J connectivity index is 0.000000139. The number of urea groups is 2. The first-order chi connectivity index (χ1) is 56.0. The maximum atomic E-state index is 12.4. The molecular weight excluding hydrogens is 1530 g/mol. The van der Waals surface area contributed by atoms with E-state index in [1.54, 1.807) is 24.3 Å². The number of hydrogen-bond acceptors (Lipinski definition) is 37. The van der Waals surface area contributed by atoms with Crippen LogP contribution in [0.5, 0.6) is 0 Å². The number of piperazine rings is 1. The Morgan fingerprint density at radius 3 is 1.21 bits per heavy atom. The Kier molecular flexibility index (Phi) is 25.3. The predicted molar refractivity (Wildman–Crippen MR) is 404 cm³/mol. The first kappa shape index (κ1) is 79.8. The molecule has 18 N–H and O–H groups in total. The van der Waals surface area contributed by atoms with Crippen molar-refractivity contribution >= 4 is 148 Å². The lowest BCUT2D eigenvalue weighted by Gasteiger charge is -2.29.